The number of nitrogens with two attached hydrogens (primary N) is 2. The van der Waals surface area contributed by atoms with Crippen LogP contribution >= 0.6 is 0 Å². The van der Waals surface area contributed by atoms with Crippen molar-refractivity contribution < 1.29 is 5.11 Å². The molecule has 0 saturated heterocycles. The lowest BCUT2D eigenvalue weighted by molar-refractivity contribution is 0.266. The zero-order valence-electron chi connectivity index (χ0n) is 5.88. The van der Waals surface area contributed by atoms with Crippen LogP contribution in [0.5, 0.6) is 0 Å². The molecule has 3 nitrogen and oxygen atoms in total. The standard InChI is InChI=1S/C6H16N2O/c1-2-5(7)6(8)3-4-9/h5-6,9H,2-4,7-8H2,1H3. The van der Waals surface area contributed by atoms with Crippen molar-refractivity contribution in [2.75, 3.05) is 6.61 Å². The van der Waals surface area contributed by atoms with Gasteiger partial charge in [-0.3, -0.25) is 0 Å². The third kappa shape index (κ3) is 3.46. The summed E-state index contributed by atoms with van der Waals surface area (Å²) in [7, 11) is 0. The monoisotopic (exact) mass is 132 g/mol. The van der Waals surface area contributed by atoms with E-state index in [1.54, 1.807) is 0 Å². The topological polar surface area (TPSA) is 72.3 Å². The Labute approximate surface area is 56.0 Å². The van der Waals surface area contributed by atoms with Gasteiger partial charge < -0.3 is 16.6 Å². The van der Waals surface area contributed by atoms with Gasteiger partial charge in [-0.15, -0.1) is 0 Å². The van der Waals surface area contributed by atoms with Gasteiger partial charge in [0, 0.05) is 18.7 Å². The minimum Gasteiger partial charge on any atom is -0.396 e. The van der Waals surface area contributed by atoms with Crippen molar-refractivity contribution in [2.24, 2.45) is 11.5 Å². The van der Waals surface area contributed by atoms with E-state index < -0.39 is 0 Å². The second kappa shape index (κ2) is 4.73. The van der Waals surface area contributed by atoms with E-state index in [1.165, 1.54) is 0 Å². The highest BCUT2D eigenvalue weighted by molar-refractivity contribution is 4.73. The molecule has 0 bridgehead atoms. The lowest BCUT2D eigenvalue weighted by atomic mass is 10.1. The van der Waals surface area contributed by atoms with Crippen molar-refractivity contribution in [3.05, 3.63) is 0 Å². The second-order valence-electron chi connectivity index (χ2n) is 2.25. The first kappa shape index (κ1) is 8.88. The molecule has 5 N–H and O–H groups in total. The zero-order valence-corrected chi connectivity index (χ0v) is 5.88. The summed E-state index contributed by atoms with van der Waals surface area (Å²) in [5.41, 5.74) is 11.1. The summed E-state index contributed by atoms with van der Waals surface area (Å²) in [6, 6.07) is -0.00264. The molecular weight excluding hydrogens is 116 g/mol. The Bertz CT molecular complexity index is 68.1. The number of rotatable bonds is 4. The molecule has 0 fully saturated rings. The molecule has 0 rings (SSSR count). The van der Waals surface area contributed by atoms with Gasteiger partial charge in [0.25, 0.3) is 0 Å². The Morgan fingerprint density at radius 1 is 1.33 bits per heavy atom. The third-order valence-corrected chi connectivity index (χ3v) is 1.48. The molecule has 0 radical (unpaired) electrons. The summed E-state index contributed by atoms with van der Waals surface area (Å²) in [6.45, 7) is 2.12. The van der Waals surface area contributed by atoms with Crippen molar-refractivity contribution in [3.63, 3.8) is 0 Å². The minimum atomic E-state index is -0.0417. The fourth-order valence-corrected chi connectivity index (χ4v) is 0.666. The van der Waals surface area contributed by atoms with Crippen LogP contribution in [0.25, 0.3) is 0 Å². The Balaban J connectivity index is 3.32. The van der Waals surface area contributed by atoms with Crippen LogP contribution in [-0.4, -0.2) is 23.8 Å². The molecule has 0 heterocycles. The van der Waals surface area contributed by atoms with Gasteiger partial charge in [-0.1, -0.05) is 6.92 Å². The lowest BCUT2D eigenvalue weighted by Gasteiger charge is -2.16. The summed E-state index contributed by atoms with van der Waals surface area (Å²) in [4.78, 5) is 0. The molecular formula is C6H16N2O. The van der Waals surface area contributed by atoms with Crippen molar-refractivity contribution >= 4 is 0 Å². The normalized spacial score (nSPS) is 17.3. The van der Waals surface area contributed by atoms with Crippen LogP contribution in [0.2, 0.25) is 0 Å². The average Bonchev–Trinajstić information content (AvgIpc) is 1.87. The molecule has 0 saturated carbocycles. The van der Waals surface area contributed by atoms with E-state index in [1.807, 2.05) is 6.92 Å². The van der Waals surface area contributed by atoms with Gasteiger partial charge in [-0.2, -0.15) is 0 Å². The smallest absolute Gasteiger partial charge is 0.0446 e. The molecule has 0 aromatic heterocycles. The summed E-state index contributed by atoms with van der Waals surface area (Å²) in [5, 5.41) is 8.45. The summed E-state index contributed by atoms with van der Waals surface area (Å²) in [5.74, 6) is 0. The quantitative estimate of drug-likeness (QED) is 0.480. The van der Waals surface area contributed by atoms with E-state index >= 15 is 0 Å². The summed E-state index contributed by atoms with van der Waals surface area (Å²) >= 11 is 0. The highest BCUT2D eigenvalue weighted by Crippen LogP contribution is 1.95. The van der Waals surface area contributed by atoms with Gasteiger partial charge >= 0.3 is 0 Å². The van der Waals surface area contributed by atoms with Gasteiger partial charge in [-0.05, 0) is 12.8 Å². The van der Waals surface area contributed by atoms with E-state index in [2.05, 4.69) is 0 Å². The molecule has 0 aliphatic rings. The predicted octanol–water partition coefficient (Wildman–Crippen LogP) is -0.567. The van der Waals surface area contributed by atoms with Crippen LogP contribution in [0.4, 0.5) is 0 Å². The number of hydrogen-bond donors (Lipinski definition) is 3. The Kier molecular flexibility index (Phi) is 4.67. The largest absolute Gasteiger partial charge is 0.396 e. The highest BCUT2D eigenvalue weighted by atomic mass is 16.3. The molecule has 0 aromatic rings. The lowest BCUT2D eigenvalue weighted by Crippen LogP contribution is -2.41. The van der Waals surface area contributed by atoms with Crippen molar-refractivity contribution in [1.29, 1.82) is 0 Å². The van der Waals surface area contributed by atoms with E-state index in [4.69, 9.17) is 16.6 Å². The fraction of sp³-hybridized carbons (Fsp3) is 1.00. The molecule has 0 amide bonds. The van der Waals surface area contributed by atoms with E-state index in [0.717, 1.165) is 6.42 Å². The molecule has 0 spiro atoms. The van der Waals surface area contributed by atoms with E-state index in [9.17, 15) is 0 Å². The highest BCUT2D eigenvalue weighted by Gasteiger charge is 2.08. The average molecular weight is 132 g/mol. The maximum absolute atomic E-state index is 8.45. The molecule has 0 aromatic carbocycles. The molecule has 9 heavy (non-hydrogen) atoms. The van der Waals surface area contributed by atoms with Gasteiger partial charge in [-0.25, -0.2) is 0 Å². The fourth-order valence-electron chi connectivity index (χ4n) is 0.666. The van der Waals surface area contributed by atoms with Crippen LogP contribution in [0, 0.1) is 0 Å². The summed E-state index contributed by atoms with van der Waals surface area (Å²) in [6.07, 6.45) is 1.48. The molecule has 0 aliphatic carbocycles. The molecule has 3 heteroatoms. The van der Waals surface area contributed by atoms with E-state index in [0.29, 0.717) is 6.42 Å². The van der Waals surface area contributed by atoms with Gasteiger partial charge in [0.2, 0.25) is 0 Å². The van der Waals surface area contributed by atoms with Crippen LogP contribution in [0.15, 0.2) is 0 Å². The SMILES string of the molecule is CCC(N)C(N)CCO. The zero-order chi connectivity index (χ0) is 7.28. The maximum atomic E-state index is 8.45. The van der Waals surface area contributed by atoms with Crippen LogP contribution in [0.1, 0.15) is 19.8 Å². The summed E-state index contributed by atoms with van der Waals surface area (Å²) < 4.78 is 0. The first-order valence-corrected chi connectivity index (χ1v) is 3.34. The minimum absolute atomic E-state index is 0.0390. The van der Waals surface area contributed by atoms with Crippen molar-refractivity contribution in [3.8, 4) is 0 Å². The Morgan fingerprint density at radius 3 is 2.22 bits per heavy atom. The number of hydrogen-bond acceptors (Lipinski definition) is 3. The van der Waals surface area contributed by atoms with Crippen molar-refractivity contribution in [1.82, 2.24) is 0 Å². The van der Waals surface area contributed by atoms with Gasteiger partial charge in [0.1, 0.15) is 0 Å². The first-order chi connectivity index (χ1) is 4.22. The maximum Gasteiger partial charge on any atom is 0.0446 e. The third-order valence-electron chi connectivity index (χ3n) is 1.48. The first-order valence-electron chi connectivity index (χ1n) is 3.34. The Hall–Kier alpha value is -0.120. The van der Waals surface area contributed by atoms with E-state index in [-0.39, 0.29) is 18.7 Å². The van der Waals surface area contributed by atoms with Gasteiger partial charge in [0.15, 0.2) is 0 Å². The van der Waals surface area contributed by atoms with Crippen LogP contribution in [-0.2, 0) is 0 Å². The molecule has 2 unspecified atom stereocenters. The number of aliphatic hydroxyl groups is 1. The van der Waals surface area contributed by atoms with Crippen molar-refractivity contribution in [2.45, 2.75) is 31.8 Å². The number of aliphatic hydroxyl groups excluding tert-OH is 1. The second-order valence-corrected chi connectivity index (χ2v) is 2.25. The van der Waals surface area contributed by atoms with Gasteiger partial charge in [0.05, 0.1) is 0 Å². The van der Waals surface area contributed by atoms with Crippen LogP contribution in [0.3, 0.4) is 0 Å². The molecule has 56 valence electrons. The van der Waals surface area contributed by atoms with Crippen LogP contribution < -0.4 is 11.5 Å². The Morgan fingerprint density at radius 2 is 1.89 bits per heavy atom. The predicted molar refractivity (Wildman–Crippen MR) is 37.9 cm³/mol. The molecule has 0 aliphatic heterocycles. The molecule has 2 atom stereocenters.